The number of hydrogen-bond donors (Lipinski definition) is 3. The molecule has 4 N–H and O–H groups in total. The van der Waals surface area contributed by atoms with Crippen molar-refractivity contribution in [3.63, 3.8) is 0 Å². The molecule has 0 atom stereocenters. The highest BCUT2D eigenvalue weighted by Gasteiger charge is 2.13. The maximum Gasteiger partial charge on any atom is 0.255 e. The molecule has 0 radical (unpaired) electrons. The van der Waals surface area contributed by atoms with E-state index < -0.39 is 0 Å². The lowest BCUT2D eigenvalue weighted by molar-refractivity contribution is 0.0964. The van der Waals surface area contributed by atoms with Crippen LogP contribution in [-0.2, 0) is 0 Å². The van der Waals surface area contributed by atoms with Gasteiger partial charge in [-0.15, -0.1) is 0 Å². The van der Waals surface area contributed by atoms with Crippen LogP contribution in [-0.4, -0.2) is 18.9 Å². The van der Waals surface area contributed by atoms with Crippen molar-refractivity contribution in [3.8, 4) is 0 Å². The minimum atomic E-state index is -0.334. The number of benzene rings is 2. The number of nitrogen functional groups attached to an aromatic ring is 1. The Bertz CT molecular complexity index is 681. The molecule has 0 spiro atoms. The Morgan fingerprint density at radius 1 is 1.10 bits per heavy atom. The van der Waals surface area contributed by atoms with E-state index in [1.807, 2.05) is 0 Å². The summed E-state index contributed by atoms with van der Waals surface area (Å²) in [6.45, 7) is 0. The van der Waals surface area contributed by atoms with Crippen LogP contribution in [0.15, 0.2) is 46.9 Å². The van der Waals surface area contributed by atoms with E-state index in [-0.39, 0.29) is 11.8 Å². The first-order valence-corrected chi connectivity index (χ1v) is 6.99. The third kappa shape index (κ3) is 3.61. The molecule has 2 rings (SSSR count). The number of carbonyl (C=O) groups excluding carboxylic acids is 2. The van der Waals surface area contributed by atoms with Crippen molar-refractivity contribution in [1.82, 2.24) is 5.32 Å². The van der Waals surface area contributed by atoms with Crippen LogP contribution in [0, 0.1) is 0 Å². The highest BCUT2D eigenvalue weighted by atomic mass is 79.9. The van der Waals surface area contributed by atoms with Gasteiger partial charge in [-0.05, 0) is 30.3 Å². The molecule has 0 heterocycles. The topological polar surface area (TPSA) is 84.2 Å². The molecule has 2 aromatic carbocycles. The van der Waals surface area contributed by atoms with Gasteiger partial charge in [0, 0.05) is 22.8 Å². The lowest BCUT2D eigenvalue weighted by atomic mass is 10.1. The highest BCUT2D eigenvalue weighted by Crippen LogP contribution is 2.20. The standard InChI is InChI=1S/C15H14BrN3O2/c1-18-15(21)12-4-2-3-5-13(12)19-14(20)9-6-10(16)8-11(17)7-9/h2-8H,17H2,1H3,(H,18,21)(H,19,20). The normalized spacial score (nSPS) is 10.0. The number of nitrogens with one attached hydrogen (secondary N) is 2. The van der Waals surface area contributed by atoms with E-state index in [9.17, 15) is 9.59 Å². The summed E-state index contributed by atoms with van der Waals surface area (Å²) in [6, 6.07) is 11.7. The number of nitrogens with two attached hydrogens (primary N) is 1. The molecule has 0 aromatic heterocycles. The number of carbonyl (C=O) groups is 2. The van der Waals surface area contributed by atoms with E-state index in [2.05, 4.69) is 26.6 Å². The van der Waals surface area contributed by atoms with Crippen molar-refractivity contribution in [3.05, 3.63) is 58.1 Å². The molecule has 108 valence electrons. The fourth-order valence-corrected chi connectivity index (χ4v) is 2.37. The Labute approximate surface area is 130 Å². The van der Waals surface area contributed by atoms with Crippen molar-refractivity contribution in [2.75, 3.05) is 18.1 Å². The van der Waals surface area contributed by atoms with Crippen LogP contribution in [0.5, 0.6) is 0 Å². The molecule has 21 heavy (non-hydrogen) atoms. The molecule has 0 aliphatic heterocycles. The third-order valence-electron chi connectivity index (χ3n) is 2.83. The van der Waals surface area contributed by atoms with Gasteiger partial charge in [0.15, 0.2) is 0 Å². The second kappa shape index (κ2) is 6.41. The van der Waals surface area contributed by atoms with E-state index in [0.717, 1.165) is 0 Å². The van der Waals surface area contributed by atoms with Gasteiger partial charge in [-0.2, -0.15) is 0 Å². The summed E-state index contributed by atoms with van der Waals surface area (Å²) >= 11 is 3.29. The molecule has 0 fully saturated rings. The SMILES string of the molecule is CNC(=O)c1ccccc1NC(=O)c1cc(N)cc(Br)c1. The van der Waals surface area contributed by atoms with Gasteiger partial charge in [-0.1, -0.05) is 28.1 Å². The van der Waals surface area contributed by atoms with Gasteiger partial charge in [0.1, 0.15) is 0 Å². The highest BCUT2D eigenvalue weighted by molar-refractivity contribution is 9.10. The van der Waals surface area contributed by atoms with Crippen LogP contribution in [0.3, 0.4) is 0 Å². The maximum atomic E-state index is 12.3. The van der Waals surface area contributed by atoms with Crippen LogP contribution in [0.1, 0.15) is 20.7 Å². The van der Waals surface area contributed by atoms with Gasteiger partial charge in [-0.3, -0.25) is 9.59 Å². The van der Waals surface area contributed by atoms with Crippen LogP contribution in [0.25, 0.3) is 0 Å². The Morgan fingerprint density at radius 3 is 2.48 bits per heavy atom. The van der Waals surface area contributed by atoms with Gasteiger partial charge < -0.3 is 16.4 Å². The maximum absolute atomic E-state index is 12.3. The third-order valence-corrected chi connectivity index (χ3v) is 3.29. The lowest BCUT2D eigenvalue weighted by Gasteiger charge is -2.10. The Morgan fingerprint density at radius 2 is 1.81 bits per heavy atom. The first kappa shape index (κ1) is 15.1. The largest absolute Gasteiger partial charge is 0.399 e. The smallest absolute Gasteiger partial charge is 0.255 e. The van der Waals surface area contributed by atoms with E-state index >= 15 is 0 Å². The first-order chi connectivity index (χ1) is 10.0. The number of hydrogen-bond acceptors (Lipinski definition) is 3. The number of rotatable bonds is 3. The van der Waals surface area contributed by atoms with Crippen molar-refractivity contribution in [2.45, 2.75) is 0 Å². The zero-order valence-electron chi connectivity index (χ0n) is 11.3. The Kier molecular flexibility index (Phi) is 4.59. The quantitative estimate of drug-likeness (QED) is 0.746. The molecular weight excluding hydrogens is 334 g/mol. The Balaban J connectivity index is 2.30. The van der Waals surface area contributed by atoms with Crippen LogP contribution < -0.4 is 16.4 Å². The molecule has 2 aromatic rings. The number of amides is 2. The summed E-state index contributed by atoms with van der Waals surface area (Å²) in [4.78, 5) is 24.0. The summed E-state index contributed by atoms with van der Waals surface area (Å²) in [5, 5.41) is 5.26. The molecule has 0 unspecified atom stereocenters. The summed E-state index contributed by atoms with van der Waals surface area (Å²) in [5.41, 5.74) is 7.45. The Hall–Kier alpha value is -2.34. The number of para-hydroxylation sites is 1. The number of anilines is 2. The molecule has 0 aliphatic rings. The van der Waals surface area contributed by atoms with Crippen molar-refractivity contribution in [1.29, 1.82) is 0 Å². The summed E-state index contributed by atoms with van der Waals surface area (Å²) in [6.07, 6.45) is 0. The average molecular weight is 348 g/mol. The lowest BCUT2D eigenvalue weighted by Crippen LogP contribution is -2.21. The molecule has 0 saturated carbocycles. The van der Waals surface area contributed by atoms with Crippen LogP contribution in [0.2, 0.25) is 0 Å². The van der Waals surface area contributed by atoms with Crippen molar-refractivity contribution >= 4 is 39.1 Å². The molecule has 0 saturated heterocycles. The molecule has 0 aliphatic carbocycles. The second-order valence-electron chi connectivity index (χ2n) is 4.35. The summed E-state index contributed by atoms with van der Waals surface area (Å²) in [5.74, 6) is -0.598. The average Bonchev–Trinajstić information content (AvgIpc) is 2.46. The second-order valence-corrected chi connectivity index (χ2v) is 5.27. The van der Waals surface area contributed by atoms with E-state index in [0.29, 0.717) is 27.0 Å². The van der Waals surface area contributed by atoms with Gasteiger partial charge in [-0.25, -0.2) is 0 Å². The minimum absolute atomic E-state index is 0.264. The molecule has 6 heteroatoms. The van der Waals surface area contributed by atoms with Gasteiger partial charge in [0.05, 0.1) is 11.3 Å². The zero-order chi connectivity index (χ0) is 15.4. The van der Waals surface area contributed by atoms with Crippen LogP contribution >= 0.6 is 15.9 Å². The van der Waals surface area contributed by atoms with E-state index in [4.69, 9.17) is 5.73 Å². The van der Waals surface area contributed by atoms with Crippen molar-refractivity contribution < 1.29 is 9.59 Å². The fourth-order valence-electron chi connectivity index (χ4n) is 1.86. The number of halogens is 1. The van der Waals surface area contributed by atoms with Crippen molar-refractivity contribution in [2.24, 2.45) is 0 Å². The monoisotopic (exact) mass is 347 g/mol. The van der Waals surface area contributed by atoms with Gasteiger partial charge in [0.2, 0.25) is 0 Å². The minimum Gasteiger partial charge on any atom is -0.399 e. The first-order valence-electron chi connectivity index (χ1n) is 6.20. The molecule has 0 bridgehead atoms. The van der Waals surface area contributed by atoms with Gasteiger partial charge >= 0.3 is 0 Å². The predicted octanol–water partition coefficient (Wildman–Crippen LogP) is 2.64. The summed E-state index contributed by atoms with van der Waals surface area (Å²) < 4.78 is 0.715. The predicted molar refractivity (Wildman–Crippen MR) is 86.3 cm³/mol. The van der Waals surface area contributed by atoms with E-state index in [1.54, 1.807) is 42.5 Å². The van der Waals surface area contributed by atoms with Crippen LogP contribution in [0.4, 0.5) is 11.4 Å². The fraction of sp³-hybridized carbons (Fsp3) is 0.0667. The summed E-state index contributed by atoms with van der Waals surface area (Å²) in [7, 11) is 1.54. The zero-order valence-corrected chi connectivity index (χ0v) is 12.9. The molecule has 5 nitrogen and oxygen atoms in total. The van der Waals surface area contributed by atoms with Gasteiger partial charge in [0.25, 0.3) is 11.8 Å². The molecule has 2 amide bonds. The van der Waals surface area contributed by atoms with E-state index in [1.165, 1.54) is 7.05 Å². The molecular formula is C15H14BrN3O2.